The number of benzene rings is 2. The molecule has 0 aliphatic heterocycles. The van der Waals surface area contributed by atoms with Crippen LogP contribution in [0.5, 0.6) is 0 Å². The largest absolute Gasteiger partial charge is 0.481 e. The zero-order valence-electron chi connectivity index (χ0n) is 10.5. The van der Waals surface area contributed by atoms with Crippen LogP contribution < -0.4 is 0 Å². The van der Waals surface area contributed by atoms with E-state index in [0.29, 0.717) is 12.5 Å². The molecule has 0 spiro atoms. The predicted octanol–water partition coefficient (Wildman–Crippen LogP) is 3.83. The third kappa shape index (κ3) is 2.77. The van der Waals surface area contributed by atoms with E-state index in [1.807, 2.05) is 67.6 Å². The van der Waals surface area contributed by atoms with E-state index in [0.717, 1.165) is 11.1 Å². The van der Waals surface area contributed by atoms with E-state index in [1.54, 1.807) is 0 Å². The summed E-state index contributed by atoms with van der Waals surface area (Å²) in [7, 11) is 0. The normalized spacial score (nSPS) is 10.3. The van der Waals surface area contributed by atoms with Crippen LogP contribution in [0, 0.1) is 5.41 Å². The van der Waals surface area contributed by atoms with Crippen LogP contribution in [0.2, 0.25) is 0 Å². The highest BCUT2D eigenvalue weighted by Gasteiger charge is 2.20. The molecule has 0 aliphatic rings. The van der Waals surface area contributed by atoms with Crippen molar-refractivity contribution in [1.82, 2.24) is 0 Å². The molecule has 0 aromatic heterocycles. The molecule has 0 aliphatic carbocycles. The van der Waals surface area contributed by atoms with Crippen LogP contribution in [0.3, 0.4) is 0 Å². The van der Waals surface area contributed by atoms with Crippen molar-refractivity contribution in [1.29, 1.82) is 5.41 Å². The smallest absolute Gasteiger partial charge is 0.192 e. The highest BCUT2D eigenvalue weighted by Crippen LogP contribution is 2.25. The van der Waals surface area contributed by atoms with Crippen LogP contribution in [0.1, 0.15) is 24.0 Å². The molecule has 2 rings (SSSR count). The van der Waals surface area contributed by atoms with E-state index >= 15 is 0 Å². The summed E-state index contributed by atoms with van der Waals surface area (Å²) >= 11 is 0. The summed E-state index contributed by atoms with van der Waals surface area (Å²) in [5, 5.41) is 8.10. The minimum Gasteiger partial charge on any atom is -0.481 e. The summed E-state index contributed by atoms with van der Waals surface area (Å²) in [4.78, 5) is 0. The lowest BCUT2D eigenvalue weighted by molar-refractivity contribution is 0.312. The van der Waals surface area contributed by atoms with Gasteiger partial charge in [0.05, 0.1) is 12.5 Å². The van der Waals surface area contributed by atoms with Gasteiger partial charge in [0.1, 0.15) is 0 Å². The van der Waals surface area contributed by atoms with Crippen LogP contribution in [0.15, 0.2) is 60.7 Å². The lowest BCUT2D eigenvalue weighted by Crippen LogP contribution is -2.16. The lowest BCUT2D eigenvalue weighted by Gasteiger charge is -2.18. The molecule has 1 N–H and O–H groups in total. The average molecular weight is 239 g/mol. The molecule has 18 heavy (non-hydrogen) atoms. The molecule has 0 unspecified atom stereocenters. The van der Waals surface area contributed by atoms with Gasteiger partial charge in [-0.2, -0.15) is 0 Å². The highest BCUT2D eigenvalue weighted by atomic mass is 16.5. The topological polar surface area (TPSA) is 33.1 Å². The van der Waals surface area contributed by atoms with Gasteiger partial charge in [-0.3, -0.25) is 5.41 Å². The minimum absolute atomic E-state index is 0.118. The van der Waals surface area contributed by atoms with E-state index in [9.17, 15) is 0 Å². The Morgan fingerprint density at radius 2 is 1.39 bits per heavy atom. The third-order valence-corrected chi connectivity index (χ3v) is 2.83. The predicted molar refractivity (Wildman–Crippen MR) is 74.1 cm³/mol. The van der Waals surface area contributed by atoms with Crippen molar-refractivity contribution in [2.24, 2.45) is 0 Å². The Kier molecular flexibility index (Phi) is 4.13. The Hall–Kier alpha value is -2.09. The zero-order chi connectivity index (χ0) is 12.8. The number of hydrogen-bond acceptors (Lipinski definition) is 2. The molecule has 0 saturated carbocycles. The van der Waals surface area contributed by atoms with Gasteiger partial charge in [0.15, 0.2) is 5.90 Å². The van der Waals surface area contributed by atoms with Crippen molar-refractivity contribution >= 4 is 5.90 Å². The molecule has 0 amide bonds. The summed E-state index contributed by atoms with van der Waals surface area (Å²) in [5.74, 6) is 0.183. The van der Waals surface area contributed by atoms with Crippen molar-refractivity contribution < 1.29 is 4.74 Å². The quantitative estimate of drug-likeness (QED) is 0.638. The van der Waals surface area contributed by atoms with Gasteiger partial charge in [-0.05, 0) is 18.1 Å². The number of rotatable bonds is 4. The first-order valence-corrected chi connectivity index (χ1v) is 6.14. The molecule has 0 fully saturated rings. The van der Waals surface area contributed by atoms with Gasteiger partial charge in [0.2, 0.25) is 0 Å². The molecule has 0 heterocycles. The molecular weight excluding hydrogens is 222 g/mol. The Bertz CT molecular complexity index is 454. The SMILES string of the molecule is CCOC(=N)C(c1ccccc1)c1ccccc1. The highest BCUT2D eigenvalue weighted by molar-refractivity contribution is 5.84. The first-order chi connectivity index (χ1) is 8.83. The maximum absolute atomic E-state index is 8.10. The van der Waals surface area contributed by atoms with E-state index < -0.39 is 0 Å². The summed E-state index contributed by atoms with van der Waals surface area (Å²) in [6, 6.07) is 20.1. The molecule has 0 bridgehead atoms. The summed E-state index contributed by atoms with van der Waals surface area (Å²) in [6.45, 7) is 2.43. The molecule has 2 nitrogen and oxygen atoms in total. The van der Waals surface area contributed by atoms with Crippen molar-refractivity contribution in [3.63, 3.8) is 0 Å². The number of nitrogens with one attached hydrogen (secondary N) is 1. The van der Waals surface area contributed by atoms with E-state index in [4.69, 9.17) is 10.1 Å². The third-order valence-electron chi connectivity index (χ3n) is 2.83. The minimum atomic E-state index is -0.118. The lowest BCUT2D eigenvalue weighted by atomic mass is 9.91. The molecule has 0 atom stereocenters. The van der Waals surface area contributed by atoms with Gasteiger partial charge in [-0.1, -0.05) is 60.7 Å². The standard InChI is InChI=1S/C16H17NO/c1-2-18-16(17)15(13-9-5-3-6-10-13)14-11-7-4-8-12-14/h3-12,15,17H,2H2,1H3. The zero-order valence-corrected chi connectivity index (χ0v) is 10.5. The molecule has 0 radical (unpaired) electrons. The van der Waals surface area contributed by atoms with Crippen molar-refractivity contribution in [2.45, 2.75) is 12.8 Å². The van der Waals surface area contributed by atoms with Crippen LogP contribution >= 0.6 is 0 Å². The molecule has 2 heteroatoms. The Labute approximate surface area is 108 Å². The van der Waals surface area contributed by atoms with E-state index in [2.05, 4.69) is 0 Å². The summed E-state index contributed by atoms with van der Waals surface area (Å²) in [5.41, 5.74) is 2.17. The first kappa shape index (κ1) is 12.4. The van der Waals surface area contributed by atoms with Crippen LogP contribution in [0.25, 0.3) is 0 Å². The van der Waals surface area contributed by atoms with Gasteiger partial charge in [0, 0.05) is 0 Å². The first-order valence-electron chi connectivity index (χ1n) is 6.14. The molecule has 2 aromatic carbocycles. The van der Waals surface area contributed by atoms with Gasteiger partial charge >= 0.3 is 0 Å². The van der Waals surface area contributed by atoms with Crippen molar-refractivity contribution in [3.8, 4) is 0 Å². The van der Waals surface area contributed by atoms with E-state index in [-0.39, 0.29) is 5.92 Å². The maximum Gasteiger partial charge on any atom is 0.192 e. The van der Waals surface area contributed by atoms with Crippen LogP contribution in [0.4, 0.5) is 0 Å². The van der Waals surface area contributed by atoms with Crippen LogP contribution in [-0.2, 0) is 4.74 Å². The van der Waals surface area contributed by atoms with Gasteiger partial charge in [-0.15, -0.1) is 0 Å². The molecule has 92 valence electrons. The van der Waals surface area contributed by atoms with E-state index in [1.165, 1.54) is 0 Å². The Morgan fingerprint density at radius 3 is 1.78 bits per heavy atom. The summed E-state index contributed by atoms with van der Waals surface area (Å²) in [6.07, 6.45) is 0. The second-order valence-electron chi connectivity index (χ2n) is 4.05. The fourth-order valence-electron chi connectivity index (χ4n) is 2.03. The van der Waals surface area contributed by atoms with Crippen molar-refractivity contribution in [3.05, 3.63) is 71.8 Å². The average Bonchev–Trinajstić information content (AvgIpc) is 2.42. The van der Waals surface area contributed by atoms with Gasteiger partial charge in [-0.25, -0.2) is 0 Å². The van der Waals surface area contributed by atoms with Crippen LogP contribution in [-0.4, -0.2) is 12.5 Å². The monoisotopic (exact) mass is 239 g/mol. The molecule has 2 aromatic rings. The van der Waals surface area contributed by atoms with Gasteiger partial charge in [0.25, 0.3) is 0 Å². The fraction of sp³-hybridized carbons (Fsp3) is 0.188. The second-order valence-corrected chi connectivity index (χ2v) is 4.05. The Morgan fingerprint density at radius 1 is 0.944 bits per heavy atom. The number of ether oxygens (including phenoxy) is 1. The second kappa shape index (κ2) is 6.01. The van der Waals surface area contributed by atoms with Gasteiger partial charge < -0.3 is 4.74 Å². The molecular formula is C16H17NO. The Balaban J connectivity index is 2.38. The van der Waals surface area contributed by atoms with Crippen molar-refractivity contribution in [2.75, 3.05) is 6.61 Å². The number of hydrogen-bond donors (Lipinski definition) is 1. The summed E-state index contributed by atoms with van der Waals surface area (Å²) < 4.78 is 5.40. The fourth-order valence-corrected chi connectivity index (χ4v) is 2.03. The maximum atomic E-state index is 8.10. The molecule has 0 saturated heterocycles.